The van der Waals surface area contributed by atoms with Gasteiger partial charge in [0.05, 0.1) is 5.52 Å². The molecule has 0 N–H and O–H groups in total. The zero-order chi connectivity index (χ0) is 24.0. The molecule has 7 nitrogen and oxygen atoms in total. The molecule has 0 amide bonds. The van der Waals surface area contributed by atoms with Gasteiger partial charge in [0.1, 0.15) is 17.3 Å². The van der Waals surface area contributed by atoms with Gasteiger partial charge < -0.3 is 4.90 Å². The number of piperazine rings is 1. The average molecular weight is 457 g/mol. The van der Waals surface area contributed by atoms with Crippen LogP contribution in [0.3, 0.4) is 0 Å². The number of aryl methyl sites for hydroxylation is 1. The first kappa shape index (κ1) is 22.5. The highest BCUT2D eigenvalue weighted by atomic mass is 16.1. The van der Waals surface area contributed by atoms with E-state index in [4.69, 9.17) is 0 Å². The van der Waals surface area contributed by atoms with Crippen LogP contribution in [-0.2, 0) is 7.05 Å². The minimum Gasteiger partial charge on any atom is -0.349 e. The van der Waals surface area contributed by atoms with E-state index in [9.17, 15) is 10.1 Å². The molecular formula is C27H32N6O. The minimum absolute atomic E-state index is 0.145. The Bertz CT molecular complexity index is 1300. The van der Waals surface area contributed by atoms with E-state index in [2.05, 4.69) is 70.9 Å². The standard InChI is InChI=1S/C27H32N6O/c1-5-23-16-32(26-25-24(31(4)27(34)30-26)13-12-22(14-28)29-25)17(2)15-33(23)18(3)19-6-8-20(9-7-19)21-10-11-21/h6-9,12-13,17-18,21,23H,5,10-11,15-16H2,1-4H3/t17-,18?,23?/m0/s1. The normalized spacial score (nSPS) is 22.0. The van der Waals surface area contributed by atoms with Crippen molar-refractivity contribution < 1.29 is 0 Å². The molecule has 3 aromatic rings. The van der Waals surface area contributed by atoms with Crippen LogP contribution in [0, 0.1) is 11.3 Å². The Kier molecular flexibility index (Phi) is 5.86. The summed E-state index contributed by atoms with van der Waals surface area (Å²) in [5.41, 5.74) is 4.15. The van der Waals surface area contributed by atoms with E-state index in [0.29, 0.717) is 34.6 Å². The number of rotatable bonds is 5. The van der Waals surface area contributed by atoms with E-state index < -0.39 is 0 Å². The van der Waals surface area contributed by atoms with Gasteiger partial charge in [-0.1, -0.05) is 31.2 Å². The van der Waals surface area contributed by atoms with Gasteiger partial charge in [-0.3, -0.25) is 9.47 Å². The van der Waals surface area contributed by atoms with E-state index in [1.807, 2.05) is 0 Å². The molecule has 2 aliphatic rings. The lowest BCUT2D eigenvalue weighted by Gasteiger charge is -2.48. The first-order valence-corrected chi connectivity index (χ1v) is 12.3. The summed E-state index contributed by atoms with van der Waals surface area (Å²) >= 11 is 0. The van der Waals surface area contributed by atoms with Gasteiger partial charge in [-0.15, -0.1) is 0 Å². The fourth-order valence-corrected chi connectivity index (χ4v) is 5.32. The van der Waals surface area contributed by atoms with Crippen LogP contribution in [0.4, 0.5) is 5.82 Å². The lowest BCUT2D eigenvalue weighted by atomic mass is 9.97. The van der Waals surface area contributed by atoms with Gasteiger partial charge in [0.25, 0.3) is 0 Å². The summed E-state index contributed by atoms with van der Waals surface area (Å²) in [5, 5.41) is 9.39. The third kappa shape index (κ3) is 3.97. The van der Waals surface area contributed by atoms with Gasteiger partial charge >= 0.3 is 5.69 Å². The number of anilines is 1. The van der Waals surface area contributed by atoms with E-state index in [-0.39, 0.29) is 11.7 Å². The van der Waals surface area contributed by atoms with Gasteiger partial charge in [0.2, 0.25) is 0 Å². The molecule has 34 heavy (non-hydrogen) atoms. The molecule has 1 aromatic carbocycles. The van der Waals surface area contributed by atoms with E-state index in [1.165, 1.54) is 28.5 Å². The maximum atomic E-state index is 12.7. The number of fused-ring (bicyclic) bond motifs is 1. The summed E-state index contributed by atoms with van der Waals surface area (Å²) in [6, 6.07) is 15.5. The number of hydrogen-bond acceptors (Lipinski definition) is 6. The van der Waals surface area contributed by atoms with Crippen LogP contribution in [0.2, 0.25) is 0 Å². The molecular weight excluding hydrogens is 424 g/mol. The zero-order valence-corrected chi connectivity index (χ0v) is 20.4. The van der Waals surface area contributed by atoms with Crippen molar-refractivity contribution in [1.82, 2.24) is 19.4 Å². The maximum absolute atomic E-state index is 12.7. The van der Waals surface area contributed by atoms with Crippen molar-refractivity contribution in [3.63, 3.8) is 0 Å². The van der Waals surface area contributed by atoms with Gasteiger partial charge in [-0.25, -0.2) is 9.78 Å². The van der Waals surface area contributed by atoms with Crippen LogP contribution in [0.1, 0.15) is 68.8 Å². The smallest absolute Gasteiger partial charge is 0.349 e. The number of benzene rings is 1. The number of pyridine rings is 1. The highest BCUT2D eigenvalue weighted by Crippen LogP contribution is 2.40. The fraction of sp³-hybridized carbons (Fsp3) is 0.481. The van der Waals surface area contributed by atoms with E-state index in [1.54, 1.807) is 19.2 Å². The molecule has 1 saturated heterocycles. The second-order valence-electron chi connectivity index (χ2n) is 9.83. The topological polar surface area (TPSA) is 78.0 Å². The SMILES string of the molecule is CCC1CN(c2nc(=O)n(C)c3ccc(C#N)nc23)[C@@H](C)CN1C(C)c1ccc(C2CC2)cc1. The Morgan fingerprint density at radius 2 is 1.85 bits per heavy atom. The summed E-state index contributed by atoms with van der Waals surface area (Å²) in [6.07, 6.45) is 3.64. The number of nitrogens with zero attached hydrogens (tertiary/aromatic N) is 6. The fourth-order valence-electron chi connectivity index (χ4n) is 5.32. The molecule has 0 spiro atoms. The molecule has 1 aliphatic carbocycles. The summed E-state index contributed by atoms with van der Waals surface area (Å²) < 4.78 is 1.50. The predicted octanol–water partition coefficient (Wildman–Crippen LogP) is 4.13. The van der Waals surface area contributed by atoms with Crippen LogP contribution < -0.4 is 10.6 Å². The molecule has 3 atom stereocenters. The second-order valence-corrected chi connectivity index (χ2v) is 9.83. The van der Waals surface area contributed by atoms with Gasteiger partial charge in [0, 0.05) is 38.3 Å². The monoisotopic (exact) mass is 456 g/mol. The van der Waals surface area contributed by atoms with Crippen molar-refractivity contribution in [3.05, 3.63) is 63.7 Å². The molecule has 0 radical (unpaired) electrons. The predicted molar refractivity (Wildman–Crippen MR) is 134 cm³/mol. The molecule has 1 saturated carbocycles. The molecule has 0 bridgehead atoms. The Labute approximate surface area is 200 Å². The minimum atomic E-state index is -0.305. The Morgan fingerprint density at radius 1 is 1.12 bits per heavy atom. The molecule has 2 fully saturated rings. The zero-order valence-electron chi connectivity index (χ0n) is 20.4. The van der Waals surface area contributed by atoms with Crippen LogP contribution in [0.5, 0.6) is 0 Å². The molecule has 7 heteroatoms. The summed E-state index contributed by atoms with van der Waals surface area (Å²) in [7, 11) is 1.70. The summed E-state index contributed by atoms with van der Waals surface area (Å²) in [4.78, 5) is 26.4. The molecule has 1 aliphatic heterocycles. The average Bonchev–Trinajstić information content (AvgIpc) is 3.71. The Morgan fingerprint density at radius 3 is 2.50 bits per heavy atom. The summed E-state index contributed by atoms with van der Waals surface area (Å²) in [5.74, 6) is 1.36. The first-order valence-electron chi connectivity index (χ1n) is 12.3. The number of hydrogen-bond donors (Lipinski definition) is 0. The molecule has 2 aromatic heterocycles. The lowest BCUT2D eigenvalue weighted by Crippen LogP contribution is -2.58. The second kappa shape index (κ2) is 8.84. The molecule has 2 unspecified atom stereocenters. The largest absolute Gasteiger partial charge is 0.349 e. The highest BCUT2D eigenvalue weighted by molar-refractivity contribution is 5.86. The van der Waals surface area contributed by atoms with E-state index >= 15 is 0 Å². The molecule has 3 heterocycles. The van der Waals surface area contributed by atoms with Crippen LogP contribution >= 0.6 is 0 Å². The number of nitriles is 1. The Hall–Kier alpha value is -3.24. The third-order valence-corrected chi connectivity index (χ3v) is 7.64. The van der Waals surface area contributed by atoms with Crippen molar-refractivity contribution in [2.24, 2.45) is 7.05 Å². The highest BCUT2D eigenvalue weighted by Gasteiger charge is 2.35. The number of aromatic nitrogens is 3. The maximum Gasteiger partial charge on any atom is 0.349 e. The summed E-state index contributed by atoms with van der Waals surface area (Å²) in [6.45, 7) is 8.32. The van der Waals surface area contributed by atoms with Crippen LogP contribution in [0.25, 0.3) is 11.0 Å². The van der Waals surface area contributed by atoms with Crippen LogP contribution in [0.15, 0.2) is 41.2 Å². The third-order valence-electron chi connectivity index (χ3n) is 7.64. The van der Waals surface area contributed by atoms with Gasteiger partial charge in [-0.2, -0.15) is 10.2 Å². The molecule has 5 rings (SSSR count). The van der Waals surface area contributed by atoms with Crippen molar-refractivity contribution >= 4 is 16.9 Å². The first-order chi connectivity index (χ1) is 16.4. The van der Waals surface area contributed by atoms with Gasteiger partial charge in [-0.05, 0) is 62.3 Å². The van der Waals surface area contributed by atoms with Crippen molar-refractivity contribution in [2.45, 2.75) is 64.1 Å². The molecule has 176 valence electrons. The van der Waals surface area contributed by atoms with Gasteiger partial charge in [0.15, 0.2) is 5.82 Å². The van der Waals surface area contributed by atoms with Crippen molar-refractivity contribution in [3.8, 4) is 6.07 Å². The lowest BCUT2D eigenvalue weighted by molar-refractivity contribution is 0.106. The van der Waals surface area contributed by atoms with Crippen molar-refractivity contribution in [1.29, 1.82) is 5.26 Å². The van der Waals surface area contributed by atoms with Crippen LogP contribution in [-0.4, -0.2) is 44.6 Å². The van der Waals surface area contributed by atoms with Crippen molar-refractivity contribution in [2.75, 3.05) is 18.0 Å². The van der Waals surface area contributed by atoms with E-state index in [0.717, 1.165) is 25.4 Å². The Balaban J connectivity index is 1.46. The quantitative estimate of drug-likeness (QED) is 0.575.